The Morgan fingerprint density at radius 1 is 1.24 bits per heavy atom. The van der Waals surface area contributed by atoms with Gasteiger partial charge >= 0.3 is 0 Å². The normalized spacial score (nSPS) is 17.6. The molecule has 0 aromatic carbocycles. The van der Waals surface area contributed by atoms with Gasteiger partial charge in [-0.2, -0.15) is 5.10 Å². The standard InChI is InChI=1S/C19H20N4OS/c1-22-17(13-15(21-22)18-9-6-12-25-18)19(24)23-11-5-3-8-16(23)14-7-2-4-10-20-14/h2,4,6-7,9-10,12-13,16H,3,5,8,11H2,1H3/t16-/m0/s1. The van der Waals surface area contributed by atoms with Crippen LogP contribution in [0.25, 0.3) is 10.6 Å². The SMILES string of the molecule is Cn1nc(-c2cccs2)cc1C(=O)N1CCCC[C@H]1c1ccccn1. The van der Waals surface area contributed by atoms with E-state index in [0.29, 0.717) is 5.69 Å². The smallest absolute Gasteiger partial charge is 0.272 e. The van der Waals surface area contributed by atoms with Gasteiger partial charge in [-0.05, 0) is 48.9 Å². The fraction of sp³-hybridized carbons (Fsp3) is 0.316. The van der Waals surface area contributed by atoms with Gasteiger partial charge in [0.15, 0.2) is 0 Å². The van der Waals surface area contributed by atoms with Crippen molar-refractivity contribution < 1.29 is 4.79 Å². The molecule has 4 rings (SSSR count). The van der Waals surface area contributed by atoms with Crippen LogP contribution in [0.3, 0.4) is 0 Å². The van der Waals surface area contributed by atoms with Crippen molar-refractivity contribution in [2.75, 3.05) is 6.54 Å². The Kier molecular flexibility index (Phi) is 4.36. The Balaban J connectivity index is 1.65. The van der Waals surface area contributed by atoms with Gasteiger partial charge < -0.3 is 4.90 Å². The summed E-state index contributed by atoms with van der Waals surface area (Å²) in [5.41, 5.74) is 2.45. The molecule has 1 aliphatic rings. The Bertz CT molecular complexity index is 857. The molecule has 1 aliphatic heterocycles. The van der Waals surface area contributed by atoms with Crippen molar-refractivity contribution in [3.63, 3.8) is 0 Å². The molecular formula is C19H20N4OS. The van der Waals surface area contributed by atoms with Crippen molar-refractivity contribution in [2.45, 2.75) is 25.3 Å². The number of thiophene rings is 1. The zero-order valence-electron chi connectivity index (χ0n) is 14.1. The van der Waals surface area contributed by atoms with Crippen molar-refractivity contribution in [3.05, 3.63) is 59.4 Å². The van der Waals surface area contributed by atoms with E-state index in [0.717, 1.165) is 42.1 Å². The third kappa shape index (κ3) is 3.09. The van der Waals surface area contributed by atoms with E-state index in [1.165, 1.54) is 0 Å². The van der Waals surface area contributed by atoms with Gasteiger partial charge in [0.25, 0.3) is 5.91 Å². The number of nitrogens with zero attached hydrogens (tertiary/aromatic N) is 4. The first-order chi connectivity index (χ1) is 12.2. The number of hydrogen-bond acceptors (Lipinski definition) is 4. The number of carbonyl (C=O) groups is 1. The number of amides is 1. The molecular weight excluding hydrogens is 332 g/mol. The second-order valence-corrected chi connectivity index (χ2v) is 7.23. The van der Waals surface area contributed by atoms with Gasteiger partial charge in [-0.15, -0.1) is 11.3 Å². The average Bonchev–Trinajstić information content (AvgIpc) is 3.31. The van der Waals surface area contributed by atoms with Crippen LogP contribution in [-0.2, 0) is 7.05 Å². The number of aryl methyl sites for hydroxylation is 1. The van der Waals surface area contributed by atoms with Crippen LogP contribution in [0, 0.1) is 0 Å². The molecule has 0 unspecified atom stereocenters. The largest absolute Gasteiger partial charge is 0.329 e. The number of piperidine rings is 1. The predicted molar refractivity (Wildman–Crippen MR) is 98.4 cm³/mol. The molecule has 1 amide bonds. The maximum atomic E-state index is 13.2. The summed E-state index contributed by atoms with van der Waals surface area (Å²) in [6.07, 6.45) is 4.91. The van der Waals surface area contributed by atoms with E-state index in [2.05, 4.69) is 10.1 Å². The first-order valence-corrected chi connectivity index (χ1v) is 9.42. The van der Waals surface area contributed by atoms with Gasteiger partial charge in [-0.1, -0.05) is 12.1 Å². The first kappa shape index (κ1) is 16.0. The maximum absolute atomic E-state index is 13.2. The molecule has 0 radical (unpaired) electrons. The fourth-order valence-corrected chi connectivity index (χ4v) is 4.10. The zero-order valence-corrected chi connectivity index (χ0v) is 14.9. The van der Waals surface area contributed by atoms with E-state index in [-0.39, 0.29) is 11.9 Å². The van der Waals surface area contributed by atoms with Crippen molar-refractivity contribution in [1.29, 1.82) is 0 Å². The van der Waals surface area contributed by atoms with Gasteiger partial charge in [0.05, 0.1) is 16.6 Å². The fourth-order valence-electron chi connectivity index (χ4n) is 3.41. The lowest BCUT2D eigenvalue weighted by Gasteiger charge is -2.35. The number of hydrogen-bond donors (Lipinski definition) is 0. The minimum Gasteiger partial charge on any atom is -0.329 e. The van der Waals surface area contributed by atoms with Crippen LogP contribution < -0.4 is 0 Å². The number of aromatic nitrogens is 3. The molecule has 1 saturated heterocycles. The van der Waals surface area contributed by atoms with Crippen LogP contribution in [0.15, 0.2) is 48.0 Å². The zero-order chi connectivity index (χ0) is 17.2. The van der Waals surface area contributed by atoms with E-state index in [1.54, 1.807) is 22.2 Å². The van der Waals surface area contributed by atoms with E-state index >= 15 is 0 Å². The molecule has 6 heteroatoms. The van der Waals surface area contributed by atoms with E-state index in [9.17, 15) is 4.79 Å². The van der Waals surface area contributed by atoms with Gasteiger partial charge in [0, 0.05) is 19.8 Å². The van der Waals surface area contributed by atoms with Crippen molar-refractivity contribution >= 4 is 17.2 Å². The van der Waals surface area contributed by atoms with Crippen LogP contribution in [0.1, 0.15) is 41.5 Å². The van der Waals surface area contributed by atoms with Gasteiger partial charge in [0.1, 0.15) is 11.4 Å². The van der Waals surface area contributed by atoms with Crippen LogP contribution >= 0.6 is 11.3 Å². The molecule has 128 valence electrons. The summed E-state index contributed by atoms with van der Waals surface area (Å²) in [6.45, 7) is 0.763. The van der Waals surface area contributed by atoms with Crippen molar-refractivity contribution in [3.8, 4) is 10.6 Å². The van der Waals surface area contributed by atoms with Crippen molar-refractivity contribution in [2.24, 2.45) is 7.05 Å². The molecule has 5 nitrogen and oxygen atoms in total. The Morgan fingerprint density at radius 3 is 2.92 bits per heavy atom. The summed E-state index contributed by atoms with van der Waals surface area (Å²) in [7, 11) is 1.84. The summed E-state index contributed by atoms with van der Waals surface area (Å²) in [5.74, 6) is 0.0353. The first-order valence-electron chi connectivity index (χ1n) is 8.54. The van der Waals surface area contributed by atoms with Gasteiger partial charge in [0.2, 0.25) is 0 Å². The van der Waals surface area contributed by atoms with Crippen LogP contribution in [-0.4, -0.2) is 32.1 Å². The Hall–Kier alpha value is -2.47. The predicted octanol–water partition coefficient (Wildman–Crippen LogP) is 3.91. The lowest BCUT2D eigenvalue weighted by atomic mass is 9.98. The highest BCUT2D eigenvalue weighted by molar-refractivity contribution is 7.13. The molecule has 1 fully saturated rings. The summed E-state index contributed by atoms with van der Waals surface area (Å²) in [4.78, 5) is 20.7. The molecule has 3 aromatic heterocycles. The summed E-state index contributed by atoms with van der Waals surface area (Å²) in [5, 5.41) is 6.55. The maximum Gasteiger partial charge on any atom is 0.272 e. The molecule has 0 saturated carbocycles. The second kappa shape index (κ2) is 6.80. The minimum atomic E-state index is 0.0353. The van der Waals surface area contributed by atoms with Gasteiger partial charge in [-0.3, -0.25) is 14.5 Å². The molecule has 3 aromatic rings. The van der Waals surface area contributed by atoms with E-state index < -0.39 is 0 Å². The molecule has 0 spiro atoms. The third-order valence-corrected chi connectivity index (χ3v) is 5.56. The van der Waals surface area contributed by atoms with E-state index in [1.807, 2.05) is 53.7 Å². The van der Waals surface area contributed by atoms with Gasteiger partial charge in [-0.25, -0.2) is 0 Å². The number of likely N-dealkylation sites (tertiary alicyclic amines) is 1. The summed E-state index contributed by atoms with van der Waals surface area (Å²) in [6, 6.07) is 11.9. The number of rotatable bonds is 3. The molecule has 0 bridgehead atoms. The lowest BCUT2D eigenvalue weighted by Crippen LogP contribution is -2.39. The third-order valence-electron chi connectivity index (χ3n) is 4.67. The topological polar surface area (TPSA) is 51.0 Å². The molecule has 25 heavy (non-hydrogen) atoms. The monoisotopic (exact) mass is 352 g/mol. The second-order valence-electron chi connectivity index (χ2n) is 6.28. The highest BCUT2D eigenvalue weighted by Crippen LogP contribution is 2.32. The van der Waals surface area contributed by atoms with E-state index in [4.69, 9.17) is 0 Å². The number of carbonyl (C=O) groups excluding carboxylic acids is 1. The van der Waals surface area contributed by atoms with Crippen LogP contribution in [0.4, 0.5) is 0 Å². The van der Waals surface area contributed by atoms with Crippen LogP contribution in [0.5, 0.6) is 0 Å². The molecule has 1 atom stereocenters. The molecule has 4 heterocycles. The molecule has 0 N–H and O–H groups in total. The summed E-state index contributed by atoms with van der Waals surface area (Å²) >= 11 is 1.63. The Labute approximate surface area is 150 Å². The quantitative estimate of drug-likeness (QED) is 0.718. The van der Waals surface area contributed by atoms with Crippen LogP contribution in [0.2, 0.25) is 0 Å². The average molecular weight is 352 g/mol. The minimum absolute atomic E-state index is 0.0353. The Morgan fingerprint density at radius 2 is 2.16 bits per heavy atom. The number of pyridine rings is 1. The summed E-state index contributed by atoms with van der Waals surface area (Å²) < 4.78 is 1.70. The lowest BCUT2D eigenvalue weighted by molar-refractivity contribution is 0.0594. The van der Waals surface area contributed by atoms with Crippen molar-refractivity contribution in [1.82, 2.24) is 19.7 Å². The molecule has 0 aliphatic carbocycles. The highest BCUT2D eigenvalue weighted by Gasteiger charge is 2.31. The highest BCUT2D eigenvalue weighted by atomic mass is 32.1.